The molecule has 3 rings (SSSR count). The van der Waals surface area contributed by atoms with Crippen molar-refractivity contribution in [1.82, 2.24) is 14.7 Å². The van der Waals surface area contributed by atoms with E-state index in [9.17, 15) is 4.79 Å². The number of benzene rings is 1. The van der Waals surface area contributed by atoms with E-state index in [0.717, 1.165) is 24.5 Å². The zero-order chi connectivity index (χ0) is 17.1. The van der Waals surface area contributed by atoms with E-state index in [0.29, 0.717) is 18.1 Å². The largest absolute Gasteiger partial charge is 0.497 e. The van der Waals surface area contributed by atoms with Crippen molar-refractivity contribution in [3.8, 4) is 5.75 Å². The molecule has 6 nitrogen and oxygen atoms in total. The summed E-state index contributed by atoms with van der Waals surface area (Å²) in [5.41, 5.74) is 0.879. The van der Waals surface area contributed by atoms with Crippen molar-refractivity contribution in [1.29, 1.82) is 0 Å². The molecule has 1 unspecified atom stereocenters. The van der Waals surface area contributed by atoms with E-state index in [1.54, 1.807) is 24.2 Å². The molecule has 1 fully saturated rings. The minimum absolute atomic E-state index is 0.105. The molecule has 1 aromatic heterocycles. The maximum Gasteiger partial charge on any atom is 0.244 e. The predicted octanol–water partition coefficient (Wildman–Crippen LogP) is 2.28. The third-order valence-corrected chi connectivity index (χ3v) is 4.56. The average Bonchev–Trinajstić information content (AvgIpc) is 3.01. The summed E-state index contributed by atoms with van der Waals surface area (Å²) in [6.45, 7) is 4.90. The molecule has 2 aromatic rings. The summed E-state index contributed by atoms with van der Waals surface area (Å²) in [7, 11) is 1.63. The van der Waals surface area contributed by atoms with Crippen molar-refractivity contribution in [2.75, 3.05) is 31.6 Å². The number of rotatable bonds is 5. The number of carbonyl (C=O) groups excluding carboxylic acids is 1. The van der Waals surface area contributed by atoms with Crippen molar-refractivity contribution in [3.63, 3.8) is 0 Å². The summed E-state index contributed by atoms with van der Waals surface area (Å²) in [4.78, 5) is 16.8. The summed E-state index contributed by atoms with van der Waals surface area (Å²) >= 11 is 5.88. The fourth-order valence-electron chi connectivity index (χ4n) is 2.95. The number of nitrogens with zero attached hydrogens (tertiary/aromatic N) is 4. The minimum atomic E-state index is -0.170. The Labute approximate surface area is 146 Å². The van der Waals surface area contributed by atoms with Crippen molar-refractivity contribution < 1.29 is 9.53 Å². The van der Waals surface area contributed by atoms with Gasteiger partial charge in [0.2, 0.25) is 5.91 Å². The number of methoxy groups -OCH3 is 1. The van der Waals surface area contributed by atoms with Crippen LogP contribution >= 0.6 is 11.6 Å². The van der Waals surface area contributed by atoms with Gasteiger partial charge in [0.25, 0.3) is 0 Å². The number of anilines is 1. The van der Waals surface area contributed by atoms with Gasteiger partial charge >= 0.3 is 0 Å². The maximum absolute atomic E-state index is 12.8. The van der Waals surface area contributed by atoms with Crippen LogP contribution in [0.15, 0.2) is 36.7 Å². The molecule has 0 spiro atoms. The molecular formula is C17H21ClN4O2. The molecule has 1 saturated heterocycles. The van der Waals surface area contributed by atoms with E-state index < -0.39 is 0 Å². The Bertz CT molecular complexity index is 718. The monoisotopic (exact) mass is 348 g/mol. The highest BCUT2D eigenvalue weighted by atomic mass is 35.5. The van der Waals surface area contributed by atoms with E-state index in [1.807, 2.05) is 36.1 Å². The lowest BCUT2D eigenvalue weighted by Crippen LogP contribution is -2.56. The number of amides is 1. The van der Waals surface area contributed by atoms with Gasteiger partial charge in [0, 0.05) is 37.6 Å². The van der Waals surface area contributed by atoms with Gasteiger partial charge in [-0.3, -0.25) is 14.4 Å². The molecule has 7 heteroatoms. The van der Waals surface area contributed by atoms with Gasteiger partial charge < -0.3 is 9.64 Å². The van der Waals surface area contributed by atoms with Gasteiger partial charge in [0.05, 0.1) is 30.9 Å². The van der Waals surface area contributed by atoms with Crippen LogP contribution in [0.4, 0.5) is 5.69 Å². The number of carbonyl (C=O) groups is 1. The van der Waals surface area contributed by atoms with E-state index >= 15 is 0 Å². The molecule has 0 bridgehead atoms. The Morgan fingerprint density at radius 2 is 2.17 bits per heavy atom. The van der Waals surface area contributed by atoms with Gasteiger partial charge in [0.1, 0.15) is 5.75 Å². The number of hydrogen-bond donors (Lipinski definition) is 0. The summed E-state index contributed by atoms with van der Waals surface area (Å²) in [6, 6.07) is 7.44. The van der Waals surface area contributed by atoms with Gasteiger partial charge in [-0.15, -0.1) is 0 Å². The third-order valence-electron chi connectivity index (χ3n) is 4.37. The first-order chi connectivity index (χ1) is 11.6. The average molecular weight is 349 g/mol. The van der Waals surface area contributed by atoms with Crippen LogP contribution in [0.3, 0.4) is 0 Å². The van der Waals surface area contributed by atoms with E-state index in [4.69, 9.17) is 16.3 Å². The lowest BCUT2D eigenvalue weighted by atomic mass is 10.1. The second-order valence-corrected chi connectivity index (χ2v) is 6.26. The van der Waals surface area contributed by atoms with Crippen LogP contribution in [0, 0.1) is 0 Å². The van der Waals surface area contributed by atoms with Crippen molar-refractivity contribution in [2.24, 2.45) is 0 Å². The standard InChI is InChI=1S/C17H21ClN4O2/c1-13-17(23)22(15-4-3-5-16(10-15)24-2)9-7-20(13)6-8-21-12-14(18)11-19-21/h3-5,10-13H,6-9H2,1-2H3. The van der Waals surface area contributed by atoms with Crippen LogP contribution in [0.5, 0.6) is 5.75 Å². The molecular weight excluding hydrogens is 328 g/mol. The molecule has 0 saturated carbocycles. The van der Waals surface area contributed by atoms with Gasteiger partial charge in [0.15, 0.2) is 0 Å². The highest BCUT2D eigenvalue weighted by Crippen LogP contribution is 2.24. The topological polar surface area (TPSA) is 50.6 Å². The van der Waals surface area contributed by atoms with Crippen LogP contribution in [0.25, 0.3) is 0 Å². The smallest absolute Gasteiger partial charge is 0.244 e. The van der Waals surface area contributed by atoms with Crippen molar-refractivity contribution in [2.45, 2.75) is 19.5 Å². The summed E-state index contributed by atoms with van der Waals surface area (Å²) in [6.07, 6.45) is 3.41. The molecule has 0 radical (unpaired) electrons. The summed E-state index contributed by atoms with van der Waals surface area (Å²) < 4.78 is 7.05. The van der Waals surface area contributed by atoms with Crippen LogP contribution in [0.2, 0.25) is 5.02 Å². The van der Waals surface area contributed by atoms with E-state index in [-0.39, 0.29) is 11.9 Å². The Morgan fingerprint density at radius 1 is 1.33 bits per heavy atom. The second-order valence-electron chi connectivity index (χ2n) is 5.82. The first-order valence-electron chi connectivity index (χ1n) is 7.96. The molecule has 1 amide bonds. The predicted molar refractivity (Wildman–Crippen MR) is 93.6 cm³/mol. The molecule has 1 aliphatic rings. The quantitative estimate of drug-likeness (QED) is 0.832. The lowest BCUT2D eigenvalue weighted by molar-refractivity contribution is -0.125. The van der Waals surface area contributed by atoms with Crippen LogP contribution in [-0.2, 0) is 11.3 Å². The second kappa shape index (κ2) is 7.23. The number of aromatic nitrogens is 2. The van der Waals surface area contributed by atoms with E-state index in [2.05, 4.69) is 10.00 Å². The van der Waals surface area contributed by atoms with Crippen LogP contribution in [-0.4, -0.2) is 53.4 Å². The number of piperazine rings is 1. The van der Waals surface area contributed by atoms with Gasteiger partial charge in [-0.1, -0.05) is 17.7 Å². The lowest BCUT2D eigenvalue weighted by Gasteiger charge is -2.39. The Kier molecular flexibility index (Phi) is 5.06. The van der Waals surface area contributed by atoms with Gasteiger partial charge in [-0.2, -0.15) is 5.10 Å². The van der Waals surface area contributed by atoms with Crippen LogP contribution in [0.1, 0.15) is 6.92 Å². The Balaban J connectivity index is 1.64. The van der Waals surface area contributed by atoms with Gasteiger partial charge in [-0.05, 0) is 19.1 Å². The molecule has 0 N–H and O–H groups in total. The molecule has 2 heterocycles. The molecule has 1 aliphatic heterocycles. The molecule has 1 aromatic carbocycles. The Morgan fingerprint density at radius 3 is 2.88 bits per heavy atom. The SMILES string of the molecule is COc1cccc(N2CCN(CCn3cc(Cl)cn3)C(C)C2=O)c1. The summed E-state index contributed by atoms with van der Waals surface area (Å²) in [5, 5.41) is 4.80. The molecule has 128 valence electrons. The van der Waals surface area contributed by atoms with Crippen molar-refractivity contribution in [3.05, 3.63) is 41.7 Å². The molecule has 1 atom stereocenters. The maximum atomic E-state index is 12.8. The van der Waals surface area contributed by atoms with Crippen molar-refractivity contribution >= 4 is 23.2 Å². The zero-order valence-corrected chi connectivity index (χ0v) is 14.6. The van der Waals surface area contributed by atoms with Crippen LogP contribution < -0.4 is 9.64 Å². The first-order valence-corrected chi connectivity index (χ1v) is 8.33. The van der Waals surface area contributed by atoms with Gasteiger partial charge in [-0.25, -0.2) is 0 Å². The molecule has 0 aliphatic carbocycles. The normalized spacial score (nSPS) is 18.9. The number of hydrogen-bond acceptors (Lipinski definition) is 4. The number of ether oxygens (including phenoxy) is 1. The zero-order valence-electron chi connectivity index (χ0n) is 13.9. The highest BCUT2D eigenvalue weighted by molar-refractivity contribution is 6.30. The molecule has 24 heavy (non-hydrogen) atoms. The summed E-state index contributed by atoms with van der Waals surface area (Å²) in [5.74, 6) is 0.860. The fraction of sp³-hybridized carbons (Fsp3) is 0.412. The highest BCUT2D eigenvalue weighted by Gasteiger charge is 2.32. The Hall–Kier alpha value is -2.05. The minimum Gasteiger partial charge on any atom is -0.497 e. The fourth-order valence-corrected chi connectivity index (χ4v) is 3.10. The number of halogens is 1. The first kappa shape index (κ1) is 16.8. The third kappa shape index (κ3) is 3.55. The van der Waals surface area contributed by atoms with E-state index in [1.165, 1.54) is 0 Å².